The summed E-state index contributed by atoms with van der Waals surface area (Å²) in [7, 11) is 4.08. The predicted octanol–water partition coefficient (Wildman–Crippen LogP) is 2.41. The van der Waals surface area contributed by atoms with Crippen molar-refractivity contribution in [3.63, 3.8) is 0 Å². The van der Waals surface area contributed by atoms with Crippen molar-refractivity contribution >= 4 is 6.09 Å². The van der Waals surface area contributed by atoms with Crippen molar-refractivity contribution in [1.82, 2.24) is 14.7 Å². The highest BCUT2D eigenvalue weighted by Gasteiger charge is 2.32. The van der Waals surface area contributed by atoms with Gasteiger partial charge in [-0.15, -0.1) is 0 Å². The van der Waals surface area contributed by atoms with Gasteiger partial charge >= 0.3 is 6.09 Å². The monoisotopic (exact) mass is 311 g/mol. The Balaban J connectivity index is 1.78. The van der Waals surface area contributed by atoms with Crippen LogP contribution in [0, 0.1) is 0 Å². The Morgan fingerprint density at radius 2 is 1.59 bits per heavy atom. The smallest absolute Gasteiger partial charge is 0.410 e. The molecule has 0 radical (unpaired) electrons. The second-order valence-corrected chi connectivity index (χ2v) is 7.89. The normalized spacial score (nSPS) is 28.4. The number of hydrogen-bond acceptors (Lipinski definition) is 4. The van der Waals surface area contributed by atoms with Crippen molar-refractivity contribution in [3.8, 4) is 0 Å². The molecule has 1 heterocycles. The summed E-state index contributed by atoms with van der Waals surface area (Å²) in [5, 5.41) is 0. The molecule has 1 saturated heterocycles. The van der Waals surface area contributed by atoms with E-state index in [0.29, 0.717) is 12.1 Å². The molecule has 0 aromatic carbocycles. The summed E-state index contributed by atoms with van der Waals surface area (Å²) < 4.78 is 5.48. The van der Waals surface area contributed by atoms with Crippen LogP contribution in [0.5, 0.6) is 0 Å². The van der Waals surface area contributed by atoms with E-state index in [1.165, 1.54) is 39.0 Å². The van der Waals surface area contributed by atoms with Crippen LogP contribution in [0.1, 0.15) is 46.5 Å². The van der Waals surface area contributed by atoms with Gasteiger partial charge in [0.1, 0.15) is 5.60 Å². The van der Waals surface area contributed by atoms with Crippen molar-refractivity contribution in [1.29, 1.82) is 0 Å². The molecule has 2 fully saturated rings. The average molecular weight is 311 g/mol. The maximum absolute atomic E-state index is 12.2. The molecule has 22 heavy (non-hydrogen) atoms. The summed E-state index contributed by atoms with van der Waals surface area (Å²) in [6.45, 7) is 10.5. The molecule has 0 spiro atoms. The molecule has 2 aliphatic rings. The van der Waals surface area contributed by atoms with E-state index in [4.69, 9.17) is 4.74 Å². The van der Waals surface area contributed by atoms with Crippen molar-refractivity contribution < 1.29 is 9.53 Å². The van der Waals surface area contributed by atoms with Crippen LogP contribution in [-0.4, -0.2) is 78.8 Å². The average Bonchev–Trinajstić information content (AvgIpc) is 2.46. The quantitative estimate of drug-likeness (QED) is 0.785. The van der Waals surface area contributed by atoms with Gasteiger partial charge < -0.3 is 14.5 Å². The number of carbonyl (C=O) groups is 1. The second kappa shape index (κ2) is 7.18. The van der Waals surface area contributed by atoms with Gasteiger partial charge in [0.05, 0.1) is 0 Å². The zero-order valence-corrected chi connectivity index (χ0v) is 15.0. The van der Waals surface area contributed by atoms with Crippen LogP contribution in [0.4, 0.5) is 4.79 Å². The largest absolute Gasteiger partial charge is 0.444 e. The zero-order valence-electron chi connectivity index (χ0n) is 15.0. The minimum Gasteiger partial charge on any atom is -0.444 e. The van der Waals surface area contributed by atoms with E-state index in [0.717, 1.165) is 12.8 Å². The summed E-state index contributed by atoms with van der Waals surface area (Å²) in [5.74, 6) is 0. The number of rotatable bonds is 2. The molecule has 0 aromatic heterocycles. The van der Waals surface area contributed by atoms with Crippen LogP contribution >= 0.6 is 0 Å². The summed E-state index contributed by atoms with van der Waals surface area (Å²) in [5.41, 5.74) is -0.414. The van der Waals surface area contributed by atoms with E-state index in [2.05, 4.69) is 16.8 Å². The molecule has 5 heteroatoms. The standard InChI is InChI=1S/C17H33N3O2/c1-17(2,3)22-16(21)19(5)14-6-8-15(9-7-14)20-12-10-18(4)11-13-20/h14-15H,6-13H2,1-5H3. The third kappa shape index (κ3) is 4.85. The third-order valence-electron chi connectivity index (χ3n) is 4.95. The van der Waals surface area contributed by atoms with Gasteiger partial charge in [0.15, 0.2) is 0 Å². The Kier molecular flexibility index (Phi) is 5.72. The summed E-state index contributed by atoms with van der Waals surface area (Å²) in [4.78, 5) is 19.0. The molecule has 0 unspecified atom stereocenters. The number of piperazine rings is 1. The molecule has 1 aliphatic heterocycles. The first-order valence-corrected chi connectivity index (χ1v) is 8.64. The summed E-state index contributed by atoms with van der Waals surface area (Å²) in [6, 6.07) is 1.04. The Hall–Kier alpha value is -0.810. The van der Waals surface area contributed by atoms with Crippen molar-refractivity contribution in [3.05, 3.63) is 0 Å². The zero-order chi connectivity index (χ0) is 16.3. The highest BCUT2D eigenvalue weighted by Crippen LogP contribution is 2.27. The fourth-order valence-electron chi connectivity index (χ4n) is 3.48. The van der Waals surface area contributed by atoms with Gasteiger partial charge in [-0.3, -0.25) is 4.90 Å². The maximum Gasteiger partial charge on any atom is 0.410 e. The van der Waals surface area contributed by atoms with Gasteiger partial charge in [0.25, 0.3) is 0 Å². The Bertz CT molecular complexity index is 365. The molecule has 0 atom stereocenters. The SMILES string of the molecule is CN1CCN(C2CCC(N(C)C(=O)OC(C)(C)C)CC2)CC1. The Morgan fingerprint density at radius 3 is 2.09 bits per heavy atom. The van der Waals surface area contributed by atoms with Crippen LogP contribution < -0.4 is 0 Å². The van der Waals surface area contributed by atoms with E-state index in [-0.39, 0.29) is 6.09 Å². The lowest BCUT2D eigenvalue weighted by atomic mass is 9.89. The number of nitrogens with zero attached hydrogens (tertiary/aromatic N) is 3. The molecule has 1 saturated carbocycles. The summed E-state index contributed by atoms with van der Waals surface area (Å²) in [6.07, 6.45) is 4.39. The fourth-order valence-corrected chi connectivity index (χ4v) is 3.48. The number of hydrogen-bond donors (Lipinski definition) is 0. The minimum atomic E-state index is -0.414. The van der Waals surface area contributed by atoms with Crippen molar-refractivity contribution in [2.45, 2.75) is 64.1 Å². The lowest BCUT2D eigenvalue weighted by Crippen LogP contribution is -2.51. The van der Waals surface area contributed by atoms with E-state index < -0.39 is 5.60 Å². The maximum atomic E-state index is 12.2. The topological polar surface area (TPSA) is 36.0 Å². The van der Waals surface area contributed by atoms with Gasteiger partial charge in [-0.25, -0.2) is 4.79 Å². The summed E-state index contributed by atoms with van der Waals surface area (Å²) >= 11 is 0. The fraction of sp³-hybridized carbons (Fsp3) is 0.941. The van der Waals surface area contributed by atoms with Gasteiger partial charge in [-0.05, 0) is 53.5 Å². The van der Waals surface area contributed by atoms with Gasteiger partial charge in [0, 0.05) is 45.3 Å². The molecule has 1 aliphatic carbocycles. The van der Waals surface area contributed by atoms with Crippen LogP contribution in [-0.2, 0) is 4.74 Å². The van der Waals surface area contributed by atoms with E-state index in [1.807, 2.05) is 32.7 Å². The molecular weight excluding hydrogens is 278 g/mol. The Labute approximate surface area is 135 Å². The van der Waals surface area contributed by atoms with Crippen LogP contribution in [0.3, 0.4) is 0 Å². The van der Waals surface area contributed by atoms with Crippen LogP contribution in [0.25, 0.3) is 0 Å². The molecule has 0 aromatic rings. The third-order valence-corrected chi connectivity index (χ3v) is 4.95. The van der Waals surface area contributed by atoms with Crippen molar-refractivity contribution in [2.75, 3.05) is 40.3 Å². The first-order valence-electron chi connectivity index (χ1n) is 8.64. The second-order valence-electron chi connectivity index (χ2n) is 7.89. The molecule has 0 bridgehead atoms. The molecule has 128 valence electrons. The van der Waals surface area contributed by atoms with Gasteiger partial charge in [-0.1, -0.05) is 0 Å². The first kappa shape index (κ1) is 17.5. The molecule has 1 amide bonds. The molecule has 2 rings (SSSR count). The molecule has 0 N–H and O–H groups in total. The number of amides is 1. The number of ether oxygens (including phenoxy) is 1. The highest BCUT2D eigenvalue weighted by atomic mass is 16.6. The lowest BCUT2D eigenvalue weighted by molar-refractivity contribution is 0.0131. The lowest BCUT2D eigenvalue weighted by Gasteiger charge is -2.42. The molecular formula is C17H33N3O2. The molecule has 5 nitrogen and oxygen atoms in total. The van der Waals surface area contributed by atoms with E-state index in [9.17, 15) is 4.79 Å². The van der Waals surface area contributed by atoms with E-state index >= 15 is 0 Å². The Morgan fingerprint density at radius 1 is 1.05 bits per heavy atom. The van der Waals surface area contributed by atoms with Crippen LogP contribution in [0.2, 0.25) is 0 Å². The number of likely N-dealkylation sites (N-methyl/N-ethyl adjacent to an activating group) is 1. The first-order chi connectivity index (χ1) is 10.3. The van der Waals surface area contributed by atoms with E-state index in [1.54, 1.807) is 0 Å². The highest BCUT2D eigenvalue weighted by molar-refractivity contribution is 5.68. The van der Waals surface area contributed by atoms with Crippen LogP contribution in [0.15, 0.2) is 0 Å². The van der Waals surface area contributed by atoms with Crippen molar-refractivity contribution in [2.24, 2.45) is 0 Å². The van der Waals surface area contributed by atoms with Gasteiger partial charge in [0.2, 0.25) is 0 Å². The predicted molar refractivity (Wildman–Crippen MR) is 89.1 cm³/mol. The van der Waals surface area contributed by atoms with Gasteiger partial charge in [-0.2, -0.15) is 0 Å². The number of carbonyl (C=O) groups excluding carboxylic acids is 1. The minimum absolute atomic E-state index is 0.185.